The van der Waals surface area contributed by atoms with Crippen LogP contribution in [0.2, 0.25) is 0 Å². The molecule has 1 aliphatic carbocycles. The van der Waals surface area contributed by atoms with Crippen LogP contribution in [0, 0.1) is 11.3 Å². The van der Waals surface area contributed by atoms with E-state index in [1.54, 1.807) is 24.3 Å². The lowest BCUT2D eigenvalue weighted by Gasteiger charge is -2.40. The first-order valence-electron chi connectivity index (χ1n) is 9.78. The summed E-state index contributed by atoms with van der Waals surface area (Å²) in [4.78, 5) is 28.6. The average Bonchev–Trinajstić information content (AvgIpc) is 2.98. The highest BCUT2D eigenvalue weighted by Crippen LogP contribution is 2.59. The van der Waals surface area contributed by atoms with Crippen molar-refractivity contribution in [2.24, 2.45) is 11.3 Å². The maximum Gasteiger partial charge on any atom is 0.241 e. The minimum atomic E-state index is -1.03. The quantitative estimate of drug-likeness (QED) is 0.498. The molecule has 7 heteroatoms. The molecule has 1 saturated heterocycles. The number of phenolic OH excluding ortho intramolecular Hbond substituents is 1. The summed E-state index contributed by atoms with van der Waals surface area (Å²) in [6, 6.07) is 10.7. The minimum Gasteiger partial charge on any atom is -0.503 e. The van der Waals surface area contributed by atoms with Gasteiger partial charge in [0.1, 0.15) is 0 Å². The monoisotopic (exact) mass is 545 g/mol. The van der Waals surface area contributed by atoms with E-state index < -0.39 is 17.3 Å². The molecule has 31 heavy (non-hydrogen) atoms. The lowest BCUT2D eigenvalue weighted by molar-refractivity contribution is -0.127. The molecule has 2 amide bonds. The number of para-hydroxylation sites is 1. The Bertz CT molecular complexity index is 1130. The predicted molar refractivity (Wildman–Crippen MR) is 126 cm³/mol. The van der Waals surface area contributed by atoms with Crippen LogP contribution in [0.15, 0.2) is 69.6 Å². The number of rotatable bonds is 4. The number of ether oxygens (including phenoxy) is 1. The largest absolute Gasteiger partial charge is 0.503 e. The van der Waals surface area contributed by atoms with Crippen LogP contribution >= 0.6 is 31.9 Å². The molecule has 0 aromatic heterocycles. The van der Waals surface area contributed by atoms with E-state index in [4.69, 9.17) is 4.74 Å². The van der Waals surface area contributed by atoms with Gasteiger partial charge in [0, 0.05) is 10.4 Å². The molecule has 1 fully saturated rings. The van der Waals surface area contributed by atoms with Gasteiger partial charge in [-0.1, -0.05) is 36.9 Å². The van der Waals surface area contributed by atoms with Crippen molar-refractivity contribution in [3.63, 3.8) is 0 Å². The fraction of sp³-hybridized carbons (Fsp3) is 0.250. The summed E-state index contributed by atoms with van der Waals surface area (Å²) in [5.41, 5.74) is 1.12. The standard InChI is InChI=1S/C24H21Br2NO4/c1-4-13-10-11-16-22(29)27(14-8-6-5-7-9-14)23(30)24(16,2)18(13)15-12-17(31-3)21(28)20(26)19(15)25/h4-10,12,16,18,28H,1,11H2,2-3H3/t16-,18+,24+/m0/s1. The summed E-state index contributed by atoms with van der Waals surface area (Å²) >= 11 is 6.98. The summed E-state index contributed by atoms with van der Waals surface area (Å²) in [7, 11) is 1.47. The third-order valence-electron chi connectivity index (χ3n) is 6.38. The highest BCUT2D eigenvalue weighted by molar-refractivity contribution is 9.13. The first kappa shape index (κ1) is 21.8. The summed E-state index contributed by atoms with van der Waals surface area (Å²) in [5, 5.41) is 10.4. The molecule has 2 aromatic rings. The van der Waals surface area contributed by atoms with Gasteiger partial charge in [0.05, 0.1) is 28.6 Å². The number of carbonyl (C=O) groups excluding carboxylic acids is 2. The zero-order chi connectivity index (χ0) is 22.5. The van der Waals surface area contributed by atoms with Crippen LogP contribution in [-0.4, -0.2) is 24.0 Å². The number of allylic oxidation sites excluding steroid dienone is 3. The van der Waals surface area contributed by atoms with Gasteiger partial charge in [-0.15, -0.1) is 0 Å². The van der Waals surface area contributed by atoms with Crippen LogP contribution < -0.4 is 9.64 Å². The van der Waals surface area contributed by atoms with Gasteiger partial charge >= 0.3 is 0 Å². The molecule has 0 spiro atoms. The van der Waals surface area contributed by atoms with Crippen molar-refractivity contribution >= 4 is 49.4 Å². The number of carbonyl (C=O) groups is 2. The molecule has 1 N–H and O–H groups in total. The third kappa shape index (κ3) is 3.09. The SMILES string of the molecule is C=CC1=CC[C@H]2C(=O)N(c3ccccc3)C(=O)[C@@]2(C)[C@H]1c1cc(OC)c(O)c(Br)c1Br. The molecule has 1 heterocycles. The van der Waals surface area contributed by atoms with Gasteiger partial charge < -0.3 is 9.84 Å². The van der Waals surface area contributed by atoms with Gasteiger partial charge in [-0.3, -0.25) is 9.59 Å². The van der Waals surface area contributed by atoms with E-state index in [0.717, 1.165) is 11.1 Å². The van der Waals surface area contributed by atoms with Gasteiger partial charge in [-0.05, 0) is 74.5 Å². The molecule has 0 unspecified atom stereocenters. The fourth-order valence-electron chi connectivity index (χ4n) is 4.79. The van der Waals surface area contributed by atoms with Crippen molar-refractivity contribution in [1.29, 1.82) is 0 Å². The van der Waals surface area contributed by atoms with Gasteiger partial charge in [0.15, 0.2) is 11.5 Å². The van der Waals surface area contributed by atoms with E-state index in [1.807, 2.05) is 31.2 Å². The van der Waals surface area contributed by atoms with Crippen LogP contribution in [0.5, 0.6) is 11.5 Å². The van der Waals surface area contributed by atoms with Crippen molar-refractivity contribution < 1.29 is 19.4 Å². The lowest BCUT2D eigenvalue weighted by Crippen LogP contribution is -2.41. The highest BCUT2D eigenvalue weighted by atomic mass is 79.9. The number of benzene rings is 2. The number of amides is 2. The number of nitrogens with zero attached hydrogens (tertiary/aromatic N) is 1. The van der Waals surface area contributed by atoms with Crippen molar-refractivity contribution in [1.82, 2.24) is 0 Å². The second-order valence-electron chi connectivity index (χ2n) is 7.87. The average molecular weight is 547 g/mol. The first-order chi connectivity index (χ1) is 14.8. The lowest BCUT2D eigenvalue weighted by atomic mass is 9.60. The van der Waals surface area contributed by atoms with Crippen molar-refractivity contribution in [3.05, 3.63) is 75.2 Å². The van der Waals surface area contributed by atoms with Gasteiger partial charge in [0.2, 0.25) is 11.8 Å². The number of hydrogen-bond acceptors (Lipinski definition) is 4. The highest BCUT2D eigenvalue weighted by Gasteiger charge is 2.62. The minimum absolute atomic E-state index is 0.0421. The van der Waals surface area contributed by atoms with E-state index in [-0.39, 0.29) is 23.3 Å². The van der Waals surface area contributed by atoms with Crippen LogP contribution in [0.25, 0.3) is 0 Å². The molecule has 4 rings (SSSR count). The van der Waals surface area contributed by atoms with E-state index in [2.05, 4.69) is 38.4 Å². The van der Waals surface area contributed by atoms with E-state index in [9.17, 15) is 14.7 Å². The zero-order valence-electron chi connectivity index (χ0n) is 17.1. The normalized spacial score (nSPS) is 25.3. The first-order valence-corrected chi connectivity index (χ1v) is 11.4. The van der Waals surface area contributed by atoms with E-state index in [1.165, 1.54) is 12.0 Å². The molecule has 2 aromatic carbocycles. The third-order valence-corrected chi connectivity index (χ3v) is 8.54. The Morgan fingerprint density at radius 1 is 1.23 bits per heavy atom. The Labute approximate surface area is 197 Å². The van der Waals surface area contributed by atoms with E-state index in [0.29, 0.717) is 21.1 Å². The van der Waals surface area contributed by atoms with Crippen molar-refractivity contribution in [2.75, 3.05) is 12.0 Å². The molecular formula is C24H21Br2NO4. The second-order valence-corrected chi connectivity index (χ2v) is 9.46. The second kappa shape index (κ2) is 7.95. The molecular weight excluding hydrogens is 526 g/mol. The molecule has 3 atom stereocenters. The molecule has 0 bridgehead atoms. The fourth-order valence-corrected chi connectivity index (χ4v) is 5.75. The number of hydrogen-bond donors (Lipinski definition) is 1. The van der Waals surface area contributed by atoms with Crippen LogP contribution in [0.4, 0.5) is 5.69 Å². The summed E-state index contributed by atoms with van der Waals surface area (Å²) in [6.45, 7) is 5.80. The Kier molecular flexibility index (Phi) is 5.60. The maximum atomic E-state index is 13.9. The molecule has 2 aliphatic rings. The number of halogens is 2. The number of imide groups is 1. The smallest absolute Gasteiger partial charge is 0.241 e. The van der Waals surface area contributed by atoms with Crippen LogP contribution in [-0.2, 0) is 9.59 Å². The molecule has 5 nitrogen and oxygen atoms in total. The summed E-state index contributed by atoms with van der Waals surface area (Å²) in [5.74, 6) is -1.20. The Morgan fingerprint density at radius 3 is 2.52 bits per heavy atom. The van der Waals surface area contributed by atoms with Gasteiger partial charge in [-0.25, -0.2) is 4.90 Å². The Morgan fingerprint density at radius 2 is 1.90 bits per heavy atom. The number of methoxy groups -OCH3 is 1. The number of anilines is 1. The van der Waals surface area contributed by atoms with Gasteiger partial charge in [-0.2, -0.15) is 0 Å². The zero-order valence-corrected chi connectivity index (χ0v) is 20.2. The number of aromatic hydroxyl groups is 1. The topological polar surface area (TPSA) is 66.8 Å². The molecule has 160 valence electrons. The van der Waals surface area contributed by atoms with Crippen molar-refractivity contribution in [2.45, 2.75) is 19.3 Å². The summed E-state index contributed by atoms with van der Waals surface area (Å²) < 4.78 is 6.38. The van der Waals surface area contributed by atoms with E-state index >= 15 is 0 Å². The van der Waals surface area contributed by atoms with Crippen molar-refractivity contribution in [3.8, 4) is 11.5 Å². The Hall–Kier alpha value is -2.38. The number of phenols is 1. The van der Waals surface area contributed by atoms with Crippen LogP contribution in [0.3, 0.4) is 0 Å². The maximum absolute atomic E-state index is 13.9. The molecule has 1 aliphatic heterocycles. The summed E-state index contributed by atoms with van der Waals surface area (Å²) in [6.07, 6.45) is 4.16. The van der Waals surface area contributed by atoms with Crippen LogP contribution in [0.1, 0.15) is 24.8 Å². The predicted octanol–water partition coefficient (Wildman–Crippen LogP) is 5.72. The molecule has 0 saturated carbocycles. The van der Waals surface area contributed by atoms with Gasteiger partial charge in [0.25, 0.3) is 0 Å². The number of fused-ring (bicyclic) bond motifs is 1. The Balaban J connectivity index is 1.94. The molecule has 0 radical (unpaired) electrons.